The summed E-state index contributed by atoms with van der Waals surface area (Å²) in [6.07, 6.45) is 3.71. The van der Waals surface area contributed by atoms with Crippen LogP contribution in [0.25, 0.3) is 0 Å². The van der Waals surface area contributed by atoms with Gasteiger partial charge in [0.1, 0.15) is 6.10 Å². The monoisotopic (exact) mass is 248 g/mol. The molecule has 0 aromatic heterocycles. The highest BCUT2D eigenvalue weighted by Crippen LogP contribution is 2.73. The van der Waals surface area contributed by atoms with Crippen LogP contribution in [0.5, 0.6) is 0 Å². The van der Waals surface area contributed by atoms with Gasteiger partial charge in [0.2, 0.25) is 0 Å². The molecule has 100 valence electrons. The summed E-state index contributed by atoms with van der Waals surface area (Å²) in [7, 11) is 0. The number of carbonyl (C=O) groups is 1. The Labute approximate surface area is 110 Å². The fourth-order valence-corrected chi connectivity index (χ4v) is 5.45. The summed E-state index contributed by atoms with van der Waals surface area (Å²) in [4.78, 5) is 10.6. The van der Waals surface area contributed by atoms with Crippen molar-refractivity contribution in [1.29, 1.82) is 0 Å². The SMILES string of the molecule is C=C1[C@H](OC=O)C[C@H]2[C@H]3[C@H](C(C)C)CC[C@]2(C)[C@@H]13. The molecule has 0 unspecified atom stereocenters. The van der Waals surface area contributed by atoms with Crippen molar-refractivity contribution in [3.63, 3.8) is 0 Å². The maximum absolute atomic E-state index is 10.6. The van der Waals surface area contributed by atoms with Crippen molar-refractivity contribution in [3.05, 3.63) is 12.2 Å². The molecule has 6 atom stereocenters. The molecule has 0 radical (unpaired) electrons. The summed E-state index contributed by atoms with van der Waals surface area (Å²) >= 11 is 0. The summed E-state index contributed by atoms with van der Waals surface area (Å²) in [5.74, 6) is 3.76. The fraction of sp³-hybridized carbons (Fsp3) is 0.812. The van der Waals surface area contributed by atoms with E-state index in [1.807, 2.05) is 0 Å². The van der Waals surface area contributed by atoms with Gasteiger partial charge in [0.15, 0.2) is 0 Å². The third-order valence-corrected chi connectivity index (χ3v) is 6.27. The first-order valence-corrected chi connectivity index (χ1v) is 7.28. The van der Waals surface area contributed by atoms with Gasteiger partial charge in [-0.05, 0) is 59.8 Å². The van der Waals surface area contributed by atoms with Crippen molar-refractivity contribution in [1.82, 2.24) is 0 Å². The summed E-state index contributed by atoms with van der Waals surface area (Å²) in [5, 5.41) is 0. The fourth-order valence-electron chi connectivity index (χ4n) is 5.45. The van der Waals surface area contributed by atoms with E-state index in [4.69, 9.17) is 4.74 Å². The average molecular weight is 248 g/mol. The van der Waals surface area contributed by atoms with E-state index in [0.717, 1.165) is 30.1 Å². The van der Waals surface area contributed by atoms with Crippen LogP contribution in [-0.4, -0.2) is 12.6 Å². The minimum absolute atomic E-state index is 0.00672. The molecule has 18 heavy (non-hydrogen) atoms. The number of ether oxygens (including phenoxy) is 1. The van der Waals surface area contributed by atoms with Gasteiger partial charge in [0, 0.05) is 0 Å². The van der Waals surface area contributed by atoms with Gasteiger partial charge in [-0.15, -0.1) is 0 Å². The molecule has 0 N–H and O–H groups in total. The van der Waals surface area contributed by atoms with E-state index in [-0.39, 0.29) is 6.10 Å². The molecule has 0 aromatic carbocycles. The topological polar surface area (TPSA) is 26.3 Å². The van der Waals surface area contributed by atoms with Gasteiger partial charge in [-0.1, -0.05) is 27.4 Å². The van der Waals surface area contributed by atoms with Crippen molar-refractivity contribution in [3.8, 4) is 0 Å². The van der Waals surface area contributed by atoms with Gasteiger partial charge in [0.05, 0.1) is 0 Å². The molecule has 0 spiro atoms. The molecule has 4 bridgehead atoms. The normalized spacial score (nSPS) is 49.8. The van der Waals surface area contributed by atoms with Crippen molar-refractivity contribution < 1.29 is 9.53 Å². The smallest absolute Gasteiger partial charge is 0.293 e. The number of carbonyl (C=O) groups excluding carboxylic acids is 1. The van der Waals surface area contributed by atoms with Gasteiger partial charge in [-0.2, -0.15) is 0 Å². The molecule has 0 aliphatic heterocycles. The molecule has 2 nitrogen and oxygen atoms in total. The maximum Gasteiger partial charge on any atom is 0.293 e. The predicted octanol–water partition coefficient (Wildman–Crippen LogP) is 3.42. The van der Waals surface area contributed by atoms with E-state index in [0.29, 0.717) is 17.8 Å². The molecular weight excluding hydrogens is 224 g/mol. The zero-order chi connectivity index (χ0) is 13.1. The van der Waals surface area contributed by atoms with Crippen LogP contribution < -0.4 is 0 Å². The zero-order valence-corrected chi connectivity index (χ0v) is 11.7. The maximum atomic E-state index is 10.6. The largest absolute Gasteiger partial charge is 0.460 e. The Morgan fingerprint density at radius 1 is 1.50 bits per heavy atom. The average Bonchev–Trinajstić information content (AvgIpc) is 2.32. The lowest BCUT2D eigenvalue weighted by atomic mass is 9.33. The van der Waals surface area contributed by atoms with Crippen LogP contribution in [0.4, 0.5) is 0 Å². The highest BCUT2D eigenvalue weighted by molar-refractivity contribution is 5.40. The van der Waals surface area contributed by atoms with Crippen LogP contribution >= 0.6 is 0 Å². The van der Waals surface area contributed by atoms with E-state index < -0.39 is 0 Å². The zero-order valence-electron chi connectivity index (χ0n) is 11.7. The highest BCUT2D eigenvalue weighted by Gasteiger charge is 2.68. The Morgan fingerprint density at radius 3 is 2.78 bits per heavy atom. The van der Waals surface area contributed by atoms with E-state index in [1.54, 1.807) is 0 Å². The molecule has 4 aliphatic rings. The summed E-state index contributed by atoms with van der Waals surface area (Å²) in [6.45, 7) is 12.0. The van der Waals surface area contributed by atoms with Crippen molar-refractivity contribution in [2.75, 3.05) is 0 Å². The lowest BCUT2D eigenvalue weighted by Gasteiger charge is -2.71. The number of rotatable bonds is 3. The lowest BCUT2D eigenvalue weighted by molar-refractivity contribution is -0.214. The second-order valence-corrected chi connectivity index (χ2v) is 7.15. The molecule has 4 rings (SSSR count). The van der Waals surface area contributed by atoms with E-state index in [1.165, 1.54) is 18.4 Å². The van der Waals surface area contributed by atoms with E-state index >= 15 is 0 Å². The Morgan fingerprint density at radius 2 is 2.22 bits per heavy atom. The first-order chi connectivity index (χ1) is 8.50. The summed E-state index contributed by atoms with van der Waals surface area (Å²) in [5.41, 5.74) is 1.65. The summed E-state index contributed by atoms with van der Waals surface area (Å²) < 4.78 is 5.22. The van der Waals surface area contributed by atoms with Crippen LogP contribution in [0.1, 0.15) is 40.0 Å². The lowest BCUT2D eigenvalue weighted by Crippen LogP contribution is -2.67. The third-order valence-electron chi connectivity index (χ3n) is 6.27. The van der Waals surface area contributed by atoms with Gasteiger partial charge < -0.3 is 4.74 Å². The van der Waals surface area contributed by atoms with E-state index in [9.17, 15) is 4.79 Å². The Kier molecular flexibility index (Phi) is 2.62. The Balaban J connectivity index is 1.86. The molecule has 4 aliphatic carbocycles. The first kappa shape index (κ1) is 12.3. The van der Waals surface area contributed by atoms with Gasteiger partial charge in [-0.25, -0.2) is 0 Å². The van der Waals surface area contributed by atoms with Crippen LogP contribution in [-0.2, 0) is 9.53 Å². The second kappa shape index (κ2) is 3.85. The van der Waals surface area contributed by atoms with Crippen molar-refractivity contribution in [2.24, 2.45) is 35.0 Å². The van der Waals surface area contributed by atoms with Crippen LogP contribution in [0.3, 0.4) is 0 Å². The molecule has 4 fully saturated rings. The standard InChI is InChI=1S/C16H24O2/c1-9(2)11-5-6-16(4)12-7-13(18-8-17)10(3)15(16)14(11)12/h8-9,11-15H,3,5-7H2,1-2,4H3/t11-,12-,13+,14+,15-,16-/m0/s1. The number of hydrogen-bond acceptors (Lipinski definition) is 2. The van der Waals surface area contributed by atoms with Crippen LogP contribution in [0, 0.1) is 35.0 Å². The summed E-state index contributed by atoms with van der Waals surface area (Å²) in [6, 6.07) is 0. The minimum Gasteiger partial charge on any atom is -0.460 e. The van der Waals surface area contributed by atoms with Crippen molar-refractivity contribution in [2.45, 2.75) is 46.1 Å². The van der Waals surface area contributed by atoms with Crippen LogP contribution in [0.15, 0.2) is 12.2 Å². The molecule has 4 saturated carbocycles. The quantitative estimate of drug-likeness (QED) is 0.565. The Bertz CT molecular complexity index is 387. The molecule has 0 heterocycles. The number of hydrogen-bond donors (Lipinski definition) is 0. The predicted molar refractivity (Wildman–Crippen MR) is 70.8 cm³/mol. The van der Waals surface area contributed by atoms with Gasteiger partial charge in [-0.3, -0.25) is 4.79 Å². The van der Waals surface area contributed by atoms with E-state index in [2.05, 4.69) is 27.4 Å². The molecule has 0 amide bonds. The van der Waals surface area contributed by atoms with Crippen LogP contribution in [0.2, 0.25) is 0 Å². The second-order valence-electron chi connectivity index (χ2n) is 7.15. The van der Waals surface area contributed by atoms with Gasteiger partial charge >= 0.3 is 0 Å². The van der Waals surface area contributed by atoms with Gasteiger partial charge in [0.25, 0.3) is 6.47 Å². The highest BCUT2D eigenvalue weighted by atomic mass is 16.5. The molecule has 2 heteroatoms. The third kappa shape index (κ3) is 1.32. The molecule has 0 saturated heterocycles. The van der Waals surface area contributed by atoms with Crippen molar-refractivity contribution >= 4 is 6.47 Å². The minimum atomic E-state index is -0.00672. The number of fused-ring (bicyclic) bond motifs is 2. The molecule has 0 aromatic rings. The Hall–Kier alpha value is -0.790. The molecular formula is C16H24O2. The first-order valence-electron chi connectivity index (χ1n) is 7.28.